The van der Waals surface area contributed by atoms with Gasteiger partial charge >= 0.3 is 10.1 Å². The van der Waals surface area contributed by atoms with Gasteiger partial charge in [-0.05, 0) is 67.8 Å². The molecule has 0 aliphatic carbocycles. The maximum Gasteiger partial charge on any atom is 0.340 e. The van der Waals surface area contributed by atoms with Gasteiger partial charge in [0, 0.05) is 18.2 Å². The average Bonchev–Trinajstić information content (AvgIpc) is 2.77. The normalized spacial score (nSPS) is 12.3. The Hall–Kier alpha value is -2.90. The number of aryl methyl sites for hydroxylation is 1. The maximum absolute atomic E-state index is 13.6. The van der Waals surface area contributed by atoms with E-state index in [1.807, 2.05) is 13.8 Å². The summed E-state index contributed by atoms with van der Waals surface area (Å²) < 4.78 is 44.3. The molecule has 0 aliphatic heterocycles. The van der Waals surface area contributed by atoms with Crippen LogP contribution in [-0.2, 0) is 16.7 Å². The highest BCUT2D eigenvalue weighted by Gasteiger charge is 2.24. The van der Waals surface area contributed by atoms with Crippen molar-refractivity contribution in [2.24, 2.45) is 0 Å². The Bertz CT molecular complexity index is 1230. The summed E-state index contributed by atoms with van der Waals surface area (Å²) in [6.45, 7) is 5.81. The largest absolute Gasteiger partial charge is 0.379 e. The molecule has 33 heavy (non-hydrogen) atoms. The lowest BCUT2D eigenvalue weighted by atomic mass is 10.1. The number of benzene rings is 3. The molecule has 0 radical (unpaired) electrons. The molecule has 0 fully saturated rings. The fourth-order valence-corrected chi connectivity index (χ4v) is 5.11. The standard InChI is InChI=1S/C25H25ClFNO4S/c1-4-18(3)28(25(29)20-8-6-9-21(27)15-20)16-19-11-13-22(14-12-19)32-33(30,31)24-17(2)7-5-10-23(24)26/h5-15,18H,4,16H2,1-3H3. The molecule has 174 valence electrons. The van der Waals surface area contributed by atoms with Crippen LogP contribution in [0.3, 0.4) is 0 Å². The zero-order chi connectivity index (χ0) is 24.2. The lowest BCUT2D eigenvalue weighted by molar-refractivity contribution is 0.0671. The Morgan fingerprint density at radius 1 is 1.09 bits per heavy atom. The first-order valence-electron chi connectivity index (χ1n) is 10.5. The first-order chi connectivity index (χ1) is 15.6. The molecule has 0 bridgehead atoms. The fraction of sp³-hybridized carbons (Fsp3) is 0.240. The molecule has 1 amide bonds. The van der Waals surface area contributed by atoms with Crippen LogP contribution in [0.4, 0.5) is 4.39 Å². The third-order valence-electron chi connectivity index (χ3n) is 5.35. The molecule has 1 unspecified atom stereocenters. The summed E-state index contributed by atoms with van der Waals surface area (Å²) in [5, 5.41) is 0.0895. The van der Waals surface area contributed by atoms with Crippen molar-refractivity contribution >= 4 is 27.6 Å². The van der Waals surface area contributed by atoms with E-state index in [1.54, 1.807) is 42.2 Å². The van der Waals surface area contributed by atoms with Gasteiger partial charge in [0.25, 0.3) is 5.91 Å². The Balaban J connectivity index is 1.80. The third-order valence-corrected chi connectivity index (χ3v) is 7.23. The van der Waals surface area contributed by atoms with Crippen LogP contribution >= 0.6 is 11.6 Å². The van der Waals surface area contributed by atoms with Gasteiger partial charge < -0.3 is 9.08 Å². The fourth-order valence-electron chi connectivity index (χ4n) is 3.38. The molecule has 0 saturated heterocycles. The Labute approximate surface area is 198 Å². The van der Waals surface area contributed by atoms with Crippen LogP contribution in [-0.4, -0.2) is 25.3 Å². The van der Waals surface area contributed by atoms with E-state index in [9.17, 15) is 17.6 Å². The van der Waals surface area contributed by atoms with Crippen molar-refractivity contribution < 1.29 is 21.8 Å². The quantitative estimate of drug-likeness (QED) is 0.364. The van der Waals surface area contributed by atoms with Crippen molar-refractivity contribution in [1.29, 1.82) is 0 Å². The van der Waals surface area contributed by atoms with Gasteiger partial charge in [-0.25, -0.2) is 4.39 Å². The second-order valence-electron chi connectivity index (χ2n) is 7.77. The molecule has 8 heteroatoms. The van der Waals surface area contributed by atoms with Crippen molar-refractivity contribution in [3.8, 4) is 5.75 Å². The van der Waals surface area contributed by atoms with Crippen molar-refractivity contribution in [1.82, 2.24) is 4.90 Å². The number of hydrogen-bond donors (Lipinski definition) is 0. The number of rotatable bonds is 8. The number of amides is 1. The Kier molecular flexibility index (Phi) is 7.76. The van der Waals surface area contributed by atoms with E-state index >= 15 is 0 Å². The number of carbonyl (C=O) groups is 1. The summed E-state index contributed by atoms with van der Waals surface area (Å²) in [5.74, 6) is -0.619. The Morgan fingerprint density at radius 2 is 1.76 bits per heavy atom. The number of halogens is 2. The predicted octanol–water partition coefficient (Wildman–Crippen LogP) is 6.00. The molecule has 0 aliphatic rings. The minimum atomic E-state index is -4.11. The summed E-state index contributed by atoms with van der Waals surface area (Å²) in [6.07, 6.45) is 0.720. The molecule has 0 saturated carbocycles. The first kappa shape index (κ1) is 24.7. The van der Waals surface area contributed by atoms with E-state index in [2.05, 4.69) is 0 Å². The molecular formula is C25H25ClFNO4S. The molecule has 5 nitrogen and oxygen atoms in total. The monoisotopic (exact) mass is 489 g/mol. The van der Waals surface area contributed by atoms with Crippen LogP contribution in [0.15, 0.2) is 71.6 Å². The second kappa shape index (κ2) is 10.4. The van der Waals surface area contributed by atoms with Gasteiger partial charge in [0.05, 0.1) is 5.02 Å². The summed E-state index contributed by atoms with van der Waals surface area (Å²) in [5.41, 5.74) is 1.54. The summed E-state index contributed by atoms with van der Waals surface area (Å²) in [7, 11) is -4.11. The van der Waals surface area contributed by atoms with Crippen molar-refractivity contribution in [2.45, 2.75) is 44.7 Å². The number of carbonyl (C=O) groups excluding carboxylic acids is 1. The van der Waals surface area contributed by atoms with E-state index in [-0.39, 0.29) is 39.7 Å². The lowest BCUT2D eigenvalue weighted by Crippen LogP contribution is -2.37. The summed E-state index contributed by atoms with van der Waals surface area (Å²) in [4.78, 5) is 14.6. The maximum atomic E-state index is 13.6. The average molecular weight is 490 g/mol. The highest BCUT2D eigenvalue weighted by Crippen LogP contribution is 2.28. The zero-order valence-corrected chi connectivity index (χ0v) is 20.2. The van der Waals surface area contributed by atoms with E-state index in [4.69, 9.17) is 15.8 Å². The van der Waals surface area contributed by atoms with Crippen LogP contribution in [0.2, 0.25) is 5.02 Å². The molecule has 3 rings (SSSR count). The van der Waals surface area contributed by atoms with Crippen LogP contribution < -0.4 is 4.18 Å². The highest BCUT2D eigenvalue weighted by atomic mass is 35.5. The highest BCUT2D eigenvalue weighted by molar-refractivity contribution is 7.87. The smallest absolute Gasteiger partial charge is 0.340 e. The van der Waals surface area contributed by atoms with Gasteiger partial charge in [0.2, 0.25) is 0 Å². The number of hydrogen-bond acceptors (Lipinski definition) is 4. The van der Waals surface area contributed by atoms with Crippen molar-refractivity contribution in [2.75, 3.05) is 0 Å². The SMILES string of the molecule is CCC(C)N(Cc1ccc(OS(=O)(=O)c2c(C)cccc2Cl)cc1)C(=O)c1cccc(F)c1. The van der Waals surface area contributed by atoms with Gasteiger partial charge in [0.1, 0.15) is 16.5 Å². The van der Waals surface area contributed by atoms with Gasteiger partial charge in [0.15, 0.2) is 0 Å². The molecule has 3 aromatic carbocycles. The second-order valence-corrected chi connectivity index (χ2v) is 9.66. The summed E-state index contributed by atoms with van der Waals surface area (Å²) in [6, 6.07) is 16.8. The lowest BCUT2D eigenvalue weighted by Gasteiger charge is -2.29. The van der Waals surface area contributed by atoms with E-state index in [0.717, 1.165) is 12.0 Å². The van der Waals surface area contributed by atoms with Gasteiger partial charge in [-0.1, -0.05) is 48.9 Å². The van der Waals surface area contributed by atoms with Gasteiger partial charge in [-0.15, -0.1) is 0 Å². The molecule has 0 aromatic heterocycles. The van der Waals surface area contributed by atoms with E-state index in [0.29, 0.717) is 5.56 Å². The third kappa shape index (κ3) is 5.92. The van der Waals surface area contributed by atoms with Gasteiger partial charge in [-0.2, -0.15) is 8.42 Å². The molecule has 0 spiro atoms. The van der Waals surface area contributed by atoms with E-state index in [1.165, 1.54) is 36.4 Å². The van der Waals surface area contributed by atoms with Crippen molar-refractivity contribution in [3.63, 3.8) is 0 Å². The molecule has 1 atom stereocenters. The van der Waals surface area contributed by atoms with Crippen LogP contribution in [0.1, 0.15) is 41.8 Å². The van der Waals surface area contributed by atoms with E-state index < -0.39 is 15.9 Å². The van der Waals surface area contributed by atoms with Crippen molar-refractivity contribution in [3.05, 3.63) is 94.3 Å². The minimum absolute atomic E-state index is 0.0700. The first-order valence-corrected chi connectivity index (χ1v) is 12.3. The molecular weight excluding hydrogens is 465 g/mol. The molecule has 0 N–H and O–H groups in total. The summed E-state index contributed by atoms with van der Waals surface area (Å²) >= 11 is 6.08. The topological polar surface area (TPSA) is 63.7 Å². The number of nitrogens with zero attached hydrogens (tertiary/aromatic N) is 1. The predicted molar refractivity (Wildman–Crippen MR) is 126 cm³/mol. The van der Waals surface area contributed by atoms with Gasteiger partial charge in [-0.3, -0.25) is 4.79 Å². The van der Waals surface area contributed by atoms with Crippen LogP contribution in [0, 0.1) is 12.7 Å². The molecule has 0 heterocycles. The van der Waals surface area contributed by atoms with Crippen LogP contribution in [0.5, 0.6) is 5.75 Å². The molecule has 3 aromatic rings. The minimum Gasteiger partial charge on any atom is -0.379 e. The Morgan fingerprint density at radius 3 is 2.36 bits per heavy atom. The van der Waals surface area contributed by atoms with Crippen LogP contribution in [0.25, 0.3) is 0 Å². The zero-order valence-electron chi connectivity index (χ0n) is 18.6.